The molecule has 6 heteroatoms. The maximum absolute atomic E-state index is 13.3. The van der Waals surface area contributed by atoms with Crippen LogP contribution >= 0.6 is 0 Å². The van der Waals surface area contributed by atoms with Crippen LogP contribution < -0.4 is 4.90 Å². The van der Waals surface area contributed by atoms with E-state index in [9.17, 15) is 9.90 Å². The zero-order valence-corrected chi connectivity index (χ0v) is 21.2. The van der Waals surface area contributed by atoms with E-state index in [-0.39, 0.29) is 6.10 Å². The summed E-state index contributed by atoms with van der Waals surface area (Å²) in [6, 6.07) is 13.6. The molecule has 0 spiro atoms. The van der Waals surface area contributed by atoms with Crippen molar-refractivity contribution < 1.29 is 14.6 Å². The Balaban J connectivity index is 1.71. The van der Waals surface area contributed by atoms with Crippen molar-refractivity contribution in [2.75, 3.05) is 19.0 Å². The molecule has 1 unspecified atom stereocenters. The molecule has 6 nitrogen and oxygen atoms in total. The summed E-state index contributed by atoms with van der Waals surface area (Å²) in [5, 5.41) is 11.3. The highest BCUT2D eigenvalue weighted by Crippen LogP contribution is 2.37. The molecule has 1 saturated carbocycles. The highest BCUT2D eigenvalue weighted by Gasteiger charge is 2.36. The van der Waals surface area contributed by atoms with Crippen LogP contribution in [-0.4, -0.2) is 40.8 Å². The van der Waals surface area contributed by atoms with Gasteiger partial charge in [-0.05, 0) is 73.4 Å². The average Bonchev–Trinajstić information content (AvgIpc) is 3.17. The van der Waals surface area contributed by atoms with E-state index < -0.39 is 12.2 Å². The van der Waals surface area contributed by atoms with E-state index >= 15 is 0 Å². The Bertz CT molecular complexity index is 1170. The van der Waals surface area contributed by atoms with Crippen LogP contribution in [0.1, 0.15) is 51.8 Å². The van der Waals surface area contributed by atoms with Crippen molar-refractivity contribution in [2.45, 2.75) is 59.3 Å². The number of aromatic nitrogens is 2. The lowest BCUT2D eigenvalue weighted by Crippen LogP contribution is -2.37. The minimum Gasteiger partial charge on any atom is -0.459 e. The lowest BCUT2D eigenvalue weighted by Gasteiger charge is -2.37. The molecule has 1 aliphatic rings. The van der Waals surface area contributed by atoms with Gasteiger partial charge in [0.25, 0.3) is 0 Å². The normalized spacial score (nSPS) is 21.6. The number of aliphatic hydroxyl groups excluding tert-OH is 1. The Morgan fingerprint density at radius 2 is 1.91 bits per heavy atom. The van der Waals surface area contributed by atoms with Crippen LogP contribution in [0, 0.1) is 24.7 Å². The molecule has 4 atom stereocenters. The Morgan fingerprint density at radius 3 is 2.59 bits per heavy atom. The van der Waals surface area contributed by atoms with E-state index in [2.05, 4.69) is 25.7 Å². The smallest absolute Gasteiger partial charge is 0.357 e. The number of fused-ring (bicyclic) bond motifs is 1. The van der Waals surface area contributed by atoms with Gasteiger partial charge in [0.15, 0.2) is 0 Å². The Hall–Kier alpha value is -2.86. The summed E-state index contributed by atoms with van der Waals surface area (Å²) >= 11 is 0. The van der Waals surface area contributed by atoms with Crippen molar-refractivity contribution in [3.05, 3.63) is 48.0 Å². The fourth-order valence-electron chi connectivity index (χ4n) is 5.36. The standard InChI is InChI=1S/C28H37N3O3/c1-17(2)21-13-11-18(3)15-25(21)34-28(33)27(32)31-24-10-8-7-9-22(24)29-26(31)20-12-14-23(30(5)6)19(4)16-20/h7-10,12,14,16-18,21,25,27,32H,11,13,15H2,1-6H3/t18-,21?,25-,27-/m1/s1. The van der Waals surface area contributed by atoms with Gasteiger partial charge in [0.2, 0.25) is 6.23 Å². The molecular weight excluding hydrogens is 426 g/mol. The first-order chi connectivity index (χ1) is 16.2. The maximum Gasteiger partial charge on any atom is 0.357 e. The van der Waals surface area contributed by atoms with Crippen molar-refractivity contribution in [1.82, 2.24) is 9.55 Å². The van der Waals surface area contributed by atoms with Crippen LogP contribution in [0.5, 0.6) is 0 Å². The van der Waals surface area contributed by atoms with E-state index in [0.717, 1.165) is 41.6 Å². The molecule has 1 aromatic heterocycles. The third-order valence-corrected chi connectivity index (χ3v) is 7.22. The zero-order valence-electron chi connectivity index (χ0n) is 21.2. The van der Waals surface area contributed by atoms with Crippen LogP contribution in [0.4, 0.5) is 5.69 Å². The number of benzene rings is 2. The predicted molar refractivity (Wildman–Crippen MR) is 137 cm³/mol. The summed E-state index contributed by atoms with van der Waals surface area (Å²) in [6.45, 7) is 8.61. The van der Waals surface area contributed by atoms with Gasteiger partial charge in [0.1, 0.15) is 11.9 Å². The molecule has 3 aromatic rings. The topological polar surface area (TPSA) is 67.6 Å². The SMILES string of the molecule is Cc1cc(-c2nc3ccccc3n2[C@H](O)C(=O)O[C@@H]2C[C@H](C)CCC2C(C)C)ccc1N(C)C. The van der Waals surface area contributed by atoms with Gasteiger partial charge in [-0.1, -0.05) is 39.3 Å². The monoisotopic (exact) mass is 463 g/mol. The number of hydrogen-bond donors (Lipinski definition) is 1. The summed E-state index contributed by atoms with van der Waals surface area (Å²) in [5.41, 5.74) is 4.47. The first kappa shape index (κ1) is 24.3. The van der Waals surface area contributed by atoms with Gasteiger partial charge < -0.3 is 14.7 Å². The van der Waals surface area contributed by atoms with Crippen molar-refractivity contribution >= 4 is 22.7 Å². The molecule has 1 aliphatic carbocycles. The molecule has 34 heavy (non-hydrogen) atoms. The van der Waals surface area contributed by atoms with E-state index in [1.807, 2.05) is 63.5 Å². The van der Waals surface area contributed by atoms with Crippen LogP contribution in [0.2, 0.25) is 0 Å². The van der Waals surface area contributed by atoms with Crippen molar-refractivity contribution in [1.29, 1.82) is 0 Å². The van der Waals surface area contributed by atoms with Crippen molar-refractivity contribution in [3.8, 4) is 11.4 Å². The number of anilines is 1. The summed E-state index contributed by atoms with van der Waals surface area (Å²) in [7, 11) is 4.01. The largest absolute Gasteiger partial charge is 0.459 e. The predicted octanol–water partition coefficient (Wildman–Crippen LogP) is 5.57. The first-order valence-electron chi connectivity index (χ1n) is 12.3. The van der Waals surface area contributed by atoms with Gasteiger partial charge >= 0.3 is 5.97 Å². The van der Waals surface area contributed by atoms with Crippen LogP contribution in [0.15, 0.2) is 42.5 Å². The van der Waals surface area contributed by atoms with E-state index in [4.69, 9.17) is 9.72 Å². The highest BCUT2D eigenvalue weighted by atomic mass is 16.6. The molecule has 1 fully saturated rings. The van der Waals surface area contributed by atoms with Gasteiger partial charge in [-0.2, -0.15) is 0 Å². The third kappa shape index (κ3) is 4.69. The van der Waals surface area contributed by atoms with Gasteiger partial charge in [0, 0.05) is 25.3 Å². The zero-order chi connectivity index (χ0) is 24.6. The number of carbonyl (C=O) groups is 1. The first-order valence-corrected chi connectivity index (χ1v) is 12.3. The van der Waals surface area contributed by atoms with Crippen LogP contribution in [-0.2, 0) is 9.53 Å². The molecule has 1 N–H and O–H groups in total. The average molecular weight is 464 g/mol. The number of esters is 1. The number of para-hydroxylation sites is 2. The Labute approximate surface area is 202 Å². The quantitative estimate of drug-likeness (QED) is 0.484. The lowest BCUT2D eigenvalue weighted by molar-refractivity contribution is -0.170. The second-order valence-corrected chi connectivity index (χ2v) is 10.4. The fraction of sp³-hybridized carbons (Fsp3) is 0.500. The molecule has 1 heterocycles. The number of aryl methyl sites for hydroxylation is 1. The van der Waals surface area contributed by atoms with Gasteiger partial charge in [-0.3, -0.25) is 4.57 Å². The number of hydrogen-bond acceptors (Lipinski definition) is 5. The summed E-state index contributed by atoms with van der Waals surface area (Å²) in [4.78, 5) is 20.1. The van der Waals surface area contributed by atoms with Gasteiger partial charge in [-0.25, -0.2) is 9.78 Å². The number of rotatable bonds is 6. The Kier molecular flexibility index (Phi) is 6.99. The van der Waals surface area contributed by atoms with Crippen molar-refractivity contribution in [3.63, 3.8) is 0 Å². The van der Waals surface area contributed by atoms with Crippen LogP contribution in [0.3, 0.4) is 0 Å². The highest BCUT2D eigenvalue weighted by molar-refractivity contribution is 5.84. The van der Waals surface area contributed by atoms with E-state index in [0.29, 0.717) is 29.1 Å². The van der Waals surface area contributed by atoms with E-state index in [1.54, 1.807) is 4.57 Å². The number of nitrogens with zero attached hydrogens (tertiary/aromatic N) is 3. The maximum atomic E-state index is 13.3. The summed E-state index contributed by atoms with van der Waals surface area (Å²) in [5.74, 6) is 1.18. The Morgan fingerprint density at radius 1 is 1.18 bits per heavy atom. The number of carbonyl (C=O) groups excluding carboxylic acids is 1. The number of ether oxygens (including phenoxy) is 1. The van der Waals surface area contributed by atoms with E-state index in [1.165, 1.54) is 0 Å². The van der Waals surface area contributed by atoms with Crippen molar-refractivity contribution in [2.24, 2.45) is 17.8 Å². The molecule has 0 bridgehead atoms. The second-order valence-electron chi connectivity index (χ2n) is 10.4. The fourth-order valence-corrected chi connectivity index (χ4v) is 5.36. The molecule has 0 radical (unpaired) electrons. The molecule has 0 saturated heterocycles. The number of imidazole rings is 1. The minimum atomic E-state index is -1.47. The van der Waals surface area contributed by atoms with Gasteiger partial charge in [0.05, 0.1) is 11.0 Å². The van der Waals surface area contributed by atoms with Crippen LogP contribution in [0.25, 0.3) is 22.4 Å². The molecular formula is C28H37N3O3. The third-order valence-electron chi connectivity index (χ3n) is 7.22. The molecule has 0 aliphatic heterocycles. The minimum absolute atomic E-state index is 0.175. The summed E-state index contributed by atoms with van der Waals surface area (Å²) < 4.78 is 7.60. The number of aliphatic hydroxyl groups is 1. The molecule has 4 rings (SSSR count). The summed E-state index contributed by atoms with van der Waals surface area (Å²) in [6.07, 6.45) is 1.39. The lowest BCUT2D eigenvalue weighted by atomic mass is 9.75. The molecule has 0 amide bonds. The molecule has 2 aromatic carbocycles. The van der Waals surface area contributed by atoms with Gasteiger partial charge in [-0.15, -0.1) is 0 Å². The molecule has 182 valence electrons. The second kappa shape index (κ2) is 9.79.